The fraction of sp³-hybridized carbons (Fsp3) is 0.381. The Bertz CT molecular complexity index is 712. The van der Waals surface area contributed by atoms with Crippen LogP contribution in [0.15, 0.2) is 54.6 Å². The Morgan fingerprint density at radius 1 is 1.04 bits per heavy atom. The molecule has 5 heteroatoms. The standard InChI is InChI=1S/C21H27N3O2/c1-26-20-10-6-5-9-18(20)16-23-11-13-24(14-12-23)21(25)15-19(22)17-7-3-2-4-8-17/h2-10,19H,11-16,22H2,1H3. The van der Waals surface area contributed by atoms with Crippen molar-refractivity contribution in [2.24, 2.45) is 5.73 Å². The molecular formula is C21H27N3O2. The Labute approximate surface area is 155 Å². The van der Waals surface area contributed by atoms with Crippen molar-refractivity contribution in [3.63, 3.8) is 0 Å². The van der Waals surface area contributed by atoms with E-state index in [1.54, 1.807) is 7.11 Å². The fourth-order valence-electron chi connectivity index (χ4n) is 3.37. The molecule has 2 aromatic carbocycles. The van der Waals surface area contributed by atoms with Crippen LogP contribution in [-0.2, 0) is 11.3 Å². The van der Waals surface area contributed by atoms with Gasteiger partial charge in [0.05, 0.1) is 7.11 Å². The first-order valence-electron chi connectivity index (χ1n) is 9.10. The number of hydrogen-bond acceptors (Lipinski definition) is 4. The summed E-state index contributed by atoms with van der Waals surface area (Å²) < 4.78 is 5.43. The van der Waals surface area contributed by atoms with Gasteiger partial charge in [0, 0.05) is 50.7 Å². The number of amides is 1. The molecule has 1 aliphatic heterocycles. The van der Waals surface area contributed by atoms with Crippen LogP contribution in [0.3, 0.4) is 0 Å². The topological polar surface area (TPSA) is 58.8 Å². The molecule has 0 aromatic heterocycles. The van der Waals surface area contributed by atoms with Gasteiger partial charge in [-0.2, -0.15) is 0 Å². The van der Waals surface area contributed by atoms with Crippen molar-refractivity contribution < 1.29 is 9.53 Å². The van der Waals surface area contributed by atoms with Gasteiger partial charge < -0.3 is 15.4 Å². The van der Waals surface area contributed by atoms with Crippen molar-refractivity contribution in [3.05, 3.63) is 65.7 Å². The number of carbonyl (C=O) groups is 1. The van der Waals surface area contributed by atoms with E-state index in [1.807, 2.05) is 53.4 Å². The molecule has 1 unspecified atom stereocenters. The van der Waals surface area contributed by atoms with Gasteiger partial charge in [0.2, 0.25) is 5.91 Å². The number of nitrogens with zero attached hydrogens (tertiary/aromatic N) is 2. The lowest BCUT2D eigenvalue weighted by Gasteiger charge is -2.35. The highest BCUT2D eigenvalue weighted by Crippen LogP contribution is 2.20. The molecule has 1 atom stereocenters. The van der Waals surface area contributed by atoms with E-state index in [1.165, 1.54) is 5.56 Å². The van der Waals surface area contributed by atoms with Gasteiger partial charge in [-0.05, 0) is 11.6 Å². The Kier molecular flexibility index (Phi) is 6.26. The number of piperazine rings is 1. The molecule has 138 valence electrons. The van der Waals surface area contributed by atoms with E-state index in [-0.39, 0.29) is 11.9 Å². The minimum absolute atomic E-state index is 0.137. The van der Waals surface area contributed by atoms with Crippen LogP contribution < -0.4 is 10.5 Å². The van der Waals surface area contributed by atoms with E-state index in [0.29, 0.717) is 6.42 Å². The molecule has 1 fully saturated rings. The van der Waals surface area contributed by atoms with Crippen LogP contribution in [0.2, 0.25) is 0 Å². The van der Waals surface area contributed by atoms with Gasteiger partial charge in [-0.15, -0.1) is 0 Å². The molecule has 0 aliphatic carbocycles. The molecule has 2 N–H and O–H groups in total. The number of hydrogen-bond donors (Lipinski definition) is 1. The third-order valence-corrected chi connectivity index (χ3v) is 4.93. The van der Waals surface area contributed by atoms with Gasteiger partial charge in [-0.1, -0.05) is 48.5 Å². The molecule has 0 spiro atoms. The summed E-state index contributed by atoms with van der Waals surface area (Å²) in [6.07, 6.45) is 0.358. The van der Waals surface area contributed by atoms with E-state index in [0.717, 1.165) is 44.0 Å². The molecule has 3 rings (SSSR count). The molecule has 5 nitrogen and oxygen atoms in total. The fourth-order valence-corrected chi connectivity index (χ4v) is 3.37. The second kappa shape index (κ2) is 8.83. The van der Waals surface area contributed by atoms with Crippen LogP contribution in [0.5, 0.6) is 5.75 Å². The van der Waals surface area contributed by atoms with E-state index in [2.05, 4.69) is 11.0 Å². The zero-order valence-electron chi connectivity index (χ0n) is 15.3. The molecule has 2 aromatic rings. The van der Waals surface area contributed by atoms with E-state index >= 15 is 0 Å². The molecular weight excluding hydrogens is 326 g/mol. The molecule has 0 saturated carbocycles. The monoisotopic (exact) mass is 353 g/mol. The second-order valence-electron chi connectivity index (χ2n) is 6.69. The molecule has 1 heterocycles. The summed E-state index contributed by atoms with van der Waals surface area (Å²) in [6.45, 7) is 4.06. The molecule has 0 bridgehead atoms. The van der Waals surface area contributed by atoms with E-state index in [4.69, 9.17) is 10.5 Å². The van der Waals surface area contributed by atoms with Crippen LogP contribution in [0, 0.1) is 0 Å². The third kappa shape index (κ3) is 4.62. The maximum Gasteiger partial charge on any atom is 0.224 e. The van der Waals surface area contributed by atoms with Crippen molar-refractivity contribution >= 4 is 5.91 Å². The lowest BCUT2D eigenvalue weighted by Crippen LogP contribution is -2.48. The highest BCUT2D eigenvalue weighted by molar-refractivity contribution is 5.77. The highest BCUT2D eigenvalue weighted by atomic mass is 16.5. The SMILES string of the molecule is COc1ccccc1CN1CCN(C(=O)CC(N)c2ccccc2)CC1. The Hall–Kier alpha value is -2.37. The predicted octanol–water partition coefficient (Wildman–Crippen LogP) is 2.43. The van der Waals surface area contributed by atoms with Crippen molar-refractivity contribution in [1.82, 2.24) is 9.80 Å². The first-order chi connectivity index (χ1) is 12.7. The highest BCUT2D eigenvalue weighted by Gasteiger charge is 2.23. The van der Waals surface area contributed by atoms with Gasteiger partial charge in [0.15, 0.2) is 0 Å². The summed E-state index contributed by atoms with van der Waals surface area (Å²) in [6, 6.07) is 17.7. The second-order valence-corrected chi connectivity index (χ2v) is 6.69. The first kappa shape index (κ1) is 18.4. The van der Waals surface area contributed by atoms with Crippen LogP contribution in [0.1, 0.15) is 23.6 Å². The number of benzene rings is 2. The number of nitrogens with two attached hydrogens (primary N) is 1. The molecule has 0 radical (unpaired) electrons. The summed E-state index contributed by atoms with van der Waals surface area (Å²) in [5.41, 5.74) is 8.38. The number of rotatable bonds is 6. The summed E-state index contributed by atoms with van der Waals surface area (Å²) in [4.78, 5) is 16.8. The molecule has 26 heavy (non-hydrogen) atoms. The Balaban J connectivity index is 1.49. The number of carbonyl (C=O) groups excluding carboxylic acids is 1. The van der Waals surface area contributed by atoms with Crippen LogP contribution in [0.25, 0.3) is 0 Å². The molecule has 1 aliphatic rings. The Morgan fingerprint density at radius 2 is 1.69 bits per heavy atom. The van der Waals surface area contributed by atoms with Crippen LogP contribution in [0.4, 0.5) is 0 Å². The van der Waals surface area contributed by atoms with Gasteiger partial charge in [0.1, 0.15) is 5.75 Å². The number of para-hydroxylation sites is 1. The minimum atomic E-state index is -0.240. The smallest absolute Gasteiger partial charge is 0.224 e. The van der Waals surface area contributed by atoms with Gasteiger partial charge >= 0.3 is 0 Å². The summed E-state index contributed by atoms with van der Waals surface area (Å²) in [5.74, 6) is 1.05. The largest absolute Gasteiger partial charge is 0.496 e. The minimum Gasteiger partial charge on any atom is -0.496 e. The van der Waals surface area contributed by atoms with Crippen molar-refractivity contribution in [2.45, 2.75) is 19.0 Å². The van der Waals surface area contributed by atoms with Gasteiger partial charge in [0.25, 0.3) is 0 Å². The normalized spacial score (nSPS) is 16.3. The maximum absolute atomic E-state index is 12.6. The molecule has 1 amide bonds. The van der Waals surface area contributed by atoms with E-state index in [9.17, 15) is 4.79 Å². The van der Waals surface area contributed by atoms with Crippen molar-refractivity contribution in [1.29, 1.82) is 0 Å². The van der Waals surface area contributed by atoms with Crippen LogP contribution >= 0.6 is 0 Å². The quantitative estimate of drug-likeness (QED) is 0.866. The number of ether oxygens (including phenoxy) is 1. The van der Waals surface area contributed by atoms with Gasteiger partial charge in [-0.3, -0.25) is 9.69 Å². The van der Waals surface area contributed by atoms with E-state index < -0.39 is 0 Å². The zero-order chi connectivity index (χ0) is 18.4. The summed E-state index contributed by atoms with van der Waals surface area (Å²) in [7, 11) is 1.70. The summed E-state index contributed by atoms with van der Waals surface area (Å²) in [5, 5.41) is 0. The average Bonchev–Trinajstić information content (AvgIpc) is 2.69. The Morgan fingerprint density at radius 3 is 2.38 bits per heavy atom. The lowest BCUT2D eigenvalue weighted by atomic mass is 10.0. The van der Waals surface area contributed by atoms with Crippen molar-refractivity contribution in [3.8, 4) is 5.75 Å². The van der Waals surface area contributed by atoms with Crippen molar-refractivity contribution in [2.75, 3.05) is 33.3 Å². The third-order valence-electron chi connectivity index (χ3n) is 4.93. The summed E-state index contributed by atoms with van der Waals surface area (Å²) >= 11 is 0. The number of methoxy groups -OCH3 is 1. The average molecular weight is 353 g/mol. The van der Waals surface area contributed by atoms with Gasteiger partial charge in [-0.25, -0.2) is 0 Å². The zero-order valence-corrected chi connectivity index (χ0v) is 15.3. The lowest BCUT2D eigenvalue weighted by molar-refractivity contribution is -0.133. The maximum atomic E-state index is 12.6. The van der Waals surface area contributed by atoms with Crippen LogP contribution in [-0.4, -0.2) is 49.0 Å². The predicted molar refractivity (Wildman–Crippen MR) is 103 cm³/mol. The molecule has 1 saturated heterocycles. The first-order valence-corrected chi connectivity index (χ1v) is 9.10.